The Morgan fingerprint density at radius 3 is 2.52 bits per heavy atom. The quantitative estimate of drug-likeness (QED) is 0.111. The number of anilines is 4. The molecule has 0 amide bonds. The number of hydrogen-bond donors (Lipinski definition) is 2. The number of para-hydroxylation sites is 1. The van der Waals surface area contributed by atoms with Gasteiger partial charge in [0.2, 0.25) is 0 Å². The monoisotopic (exact) mass is 604 g/mol. The van der Waals surface area contributed by atoms with Crippen molar-refractivity contribution in [2.75, 3.05) is 28.6 Å². The second-order valence-electron chi connectivity index (χ2n) is 11.7. The Kier molecular flexibility index (Phi) is 7.66. The highest BCUT2D eigenvalue weighted by Gasteiger charge is 2.39. The van der Waals surface area contributed by atoms with Crippen molar-refractivity contribution >= 4 is 28.3 Å². The fraction of sp³-hybridized carbons (Fsp3) is 0.314. The van der Waals surface area contributed by atoms with Crippen LogP contribution < -0.4 is 15.5 Å². The Morgan fingerprint density at radius 2 is 1.82 bits per heavy atom. The first-order chi connectivity index (χ1) is 21.0. The van der Waals surface area contributed by atoms with Crippen LogP contribution in [0.25, 0.3) is 5.57 Å². The summed E-state index contributed by atoms with van der Waals surface area (Å²) in [5.41, 5.74) is 4.01. The maximum Gasteiger partial charge on any atom is 0.316 e. The van der Waals surface area contributed by atoms with Crippen molar-refractivity contribution in [1.29, 1.82) is 0 Å². The number of rotatable bonds is 9. The van der Waals surface area contributed by atoms with Gasteiger partial charge in [0.05, 0.1) is 11.7 Å². The number of piperidine rings is 1. The maximum absolute atomic E-state index is 15.7. The smallest absolute Gasteiger partial charge is 0.316 e. The van der Waals surface area contributed by atoms with Gasteiger partial charge in [0.15, 0.2) is 0 Å². The summed E-state index contributed by atoms with van der Waals surface area (Å²) in [6, 6.07) is 18.0. The van der Waals surface area contributed by atoms with Crippen LogP contribution in [-0.4, -0.2) is 42.9 Å². The predicted octanol–water partition coefficient (Wildman–Crippen LogP) is 8.28. The third-order valence-electron chi connectivity index (χ3n) is 8.64. The van der Waals surface area contributed by atoms with Crippen molar-refractivity contribution in [3.05, 3.63) is 102 Å². The van der Waals surface area contributed by atoms with E-state index in [-0.39, 0.29) is 12.1 Å². The van der Waals surface area contributed by atoms with Gasteiger partial charge in [-0.15, -0.1) is 0 Å². The molecule has 0 radical (unpaired) electrons. The molecule has 3 unspecified atom stereocenters. The molecule has 1 fully saturated rings. The number of nitrogens with zero attached hydrogens (tertiary/aromatic N) is 2. The van der Waals surface area contributed by atoms with Crippen molar-refractivity contribution in [3.8, 4) is 11.8 Å². The van der Waals surface area contributed by atoms with Gasteiger partial charge in [0.25, 0.3) is 5.92 Å². The molecule has 6 rings (SSSR count). The van der Waals surface area contributed by atoms with Crippen LogP contribution in [0.15, 0.2) is 85.5 Å². The number of halogens is 5. The highest BCUT2D eigenvalue weighted by Crippen LogP contribution is 2.41. The Hall–Kier alpha value is -4.29. The summed E-state index contributed by atoms with van der Waals surface area (Å²) in [5, 5.41) is 6.54. The topological polar surface area (TPSA) is 30.5 Å². The molecule has 228 valence electrons. The average Bonchev–Trinajstić information content (AvgIpc) is 3.76. The van der Waals surface area contributed by atoms with Gasteiger partial charge in [-0.1, -0.05) is 48.8 Å². The summed E-state index contributed by atoms with van der Waals surface area (Å²) < 4.78 is 72.7. The van der Waals surface area contributed by atoms with E-state index < -0.39 is 36.3 Å². The standard InChI is InChI=1S/C35H33F5N4/c1-4-35(39,40)23-8-7-9-24(19-23)41-29-13-12-25(20-27(29)34(3)15-16-34)42-30-14-17-43(21-28(30)36)32-18-22(2)26-10-5-6-11-31(26)44(32)33(37)38/h4-13,18-20,28,30,32-33,41-42H,1,14,17,21H2,2-3H3. The molecule has 0 saturated carbocycles. The Balaban J connectivity index is 1.17. The van der Waals surface area contributed by atoms with Gasteiger partial charge in [-0.25, -0.2) is 4.39 Å². The summed E-state index contributed by atoms with van der Waals surface area (Å²) in [4.78, 5) is 2.83. The van der Waals surface area contributed by atoms with Crippen LogP contribution in [0.1, 0.15) is 37.0 Å². The fourth-order valence-corrected chi connectivity index (χ4v) is 6.08. The molecule has 2 aliphatic heterocycles. The number of hydrogen-bond acceptors (Lipinski definition) is 4. The minimum atomic E-state index is -3.16. The van der Waals surface area contributed by atoms with E-state index in [0.717, 1.165) is 21.6 Å². The van der Waals surface area contributed by atoms with Crippen molar-refractivity contribution in [2.24, 2.45) is 0 Å². The normalized spacial score (nSPS) is 22.4. The largest absolute Gasteiger partial charge is 0.379 e. The lowest BCUT2D eigenvalue weighted by Gasteiger charge is -2.45. The van der Waals surface area contributed by atoms with E-state index in [1.54, 1.807) is 35.2 Å². The van der Waals surface area contributed by atoms with Crippen LogP contribution in [0.3, 0.4) is 0 Å². The molecule has 0 bridgehead atoms. The van der Waals surface area contributed by atoms with E-state index in [9.17, 15) is 17.6 Å². The molecule has 0 aromatic heterocycles. The highest BCUT2D eigenvalue weighted by atomic mass is 19.3. The van der Waals surface area contributed by atoms with E-state index in [1.807, 2.05) is 44.2 Å². The molecule has 0 spiro atoms. The van der Waals surface area contributed by atoms with Crippen LogP contribution in [0, 0.1) is 11.8 Å². The molecule has 2 heterocycles. The molecule has 3 aliphatic rings. The second-order valence-corrected chi connectivity index (χ2v) is 11.7. The van der Waals surface area contributed by atoms with Gasteiger partial charge in [-0.3, -0.25) is 9.80 Å². The number of benzene rings is 3. The molecule has 3 aromatic carbocycles. The number of likely N-dealkylation sites (tertiary alicyclic amines) is 1. The predicted molar refractivity (Wildman–Crippen MR) is 166 cm³/mol. The van der Waals surface area contributed by atoms with E-state index in [2.05, 4.69) is 29.1 Å². The molecule has 44 heavy (non-hydrogen) atoms. The van der Waals surface area contributed by atoms with E-state index >= 15 is 4.39 Å². The first-order valence-corrected chi connectivity index (χ1v) is 14.6. The Morgan fingerprint density at radius 1 is 1.05 bits per heavy atom. The highest BCUT2D eigenvalue weighted by molar-refractivity contribution is 5.80. The van der Waals surface area contributed by atoms with Gasteiger partial charge in [-0.2, -0.15) is 17.6 Å². The van der Waals surface area contributed by atoms with Crippen LogP contribution in [-0.2, 0) is 11.3 Å². The molecule has 4 nitrogen and oxygen atoms in total. The maximum atomic E-state index is 15.7. The first-order valence-electron chi connectivity index (χ1n) is 14.6. The molecule has 3 atom stereocenters. The van der Waals surface area contributed by atoms with E-state index in [4.69, 9.17) is 0 Å². The van der Waals surface area contributed by atoms with Crippen LogP contribution in [0.4, 0.5) is 44.7 Å². The average molecular weight is 605 g/mol. The van der Waals surface area contributed by atoms with E-state index in [1.165, 1.54) is 12.1 Å². The lowest BCUT2D eigenvalue weighted by molar-refractivity contribution is 0.0526. The summed E-state index contributed by atoms with van der Waals surface area (Å²) >= 11 is 0. The van der Waals surface area contributed by atoms with Crippen molar-refractivity contribution < 1.29 is 22.0 Å². The van der Waals surface area contributed by atoms with Crippen molar-refractivity contribution in [1.82, 2.24) is 4.90 Å². The summed E-state index contributed by atoms with van der Waals surface area (Å²) in [6.07, 6.45) is 0.754. The summed E-state index contributed by atoms with van der Waals surface area (Å²) in [5.74, 6) is 3.04. The summed E-state index contributed by atoms with van der Waals surface area (Å²) in [6.45, 7) is 4.74. The van der Waals surface area contributed by atoms with Gasteiger partial charge in [0, 0.05) is 46.8 Å². The molecular weight excluding hydrogens is 571 g/mol. The fourth-order valence-electron chi connectivity index (χ4n) is 6.08. The van der Waals surface area contributed by atoms with Crippen molar-refractivity contribution in [2.45, 2.75) is 56.5 Å². The molecule has 1 saturated heterocycles. The number of alkyl halides is 5. The molecule has 1 aliphatic carbocycles. The first kappa shape index (κ1) is 29.8. The number of fused-ring (bicyclic) bond motifs is 1. The van der Waals surface area contributed by atoms with Crippen LogP contribution in [0.5, 0.6) is 0 Å². The third-order valence-corrected chi connectivity index (χ3v) is 8.64. The van der Waals surface area contributed by atoms with Crippen LogP contribution >= 0.6 is 0 Å². The lowest BCUT2D eigenvalue weighted by atomic mass is 9.91. The third kappa shape index (κ3) is 5.67. The van der Waals surface area contributed by atoms with Crippen molar-refractivity contribution in [3.63, 3.8) is 0 Å². The zero-order valence-electron chi connectivity index (χ0n) is 24.4. The molecular formula is C35H33F5N4. The lowest BCUT2D eigenvalue weighted by Crippen LogP contribution is -2.58. The Bertz CT molecular complexity index is 1660. The Labute approximate surface area is 254 Å². The second kappa shape index (κ2) is 11.3. The SMILES string of the molecule is C=CC(F)(F)c1cccc(Nc2ccc(NC3CCN(C4C=C(C)c5ccccc5N4C(F)F)CC3F)cc2C2(C)C#C2)c1. The molecule has 2 N–H and O–H groups in total. The zero-order chi connectivity index (χ0) is 31.2. The zero-order valence-corrected chi connectivity index (χ0v) is 24.4. The van der Waals surface area contributed by atoms with Gasteiger partial charge in [0.1, 0.15) is 17.8 Å². The summed E-state index contributed by atoms with van der Waals surface area (Å²) in [7, 11) is 0. The number of allylic oxidation sites excluding steroid dienone is 2. The van der Waals surface area contributed by atoms with Gasteiger partial charge < -0.3 is 10.6 Å². The molecule has 3 aromatic rings. The number of nitrogens with one attached hydrogen (secondary N) is 2. The van der Waals surface area contributed by atoms with Gasteiger partial charge in [-0.05, 0) is 74.4 Å². The van der Waals surface area contributed by atoms with E-state index in [0.29, 0.717) is 41.8 Å². The van der Waals surface area contributed by atoms with Crippen LogP contribution in [0.2, 0.25) is 0 Å². The minimum absolute atomic E-state index is 0.00347. The minimum Gasteiger partial charge on any atom is -0.379 e. The molecule has 9 heteroatoms. The van der Waals surface area contributed by atoms with Gasteiger partial charge >= 0.3 is 6.55 Å².